The average Bonchev–Trinajstić information content (AvgIpc) is 2.57. The van der Waals surface area contributed by atoms with E-state index < -0.39 is 0 Å². The van der Waals surface area contributed by atoms with Gasteiger partial charge in [0.25, 0.3) is 0 Å². The second kappa shape index (κ2) is 4.43. The molecular weight excluding hydrogens is 290 g/mol. The highest BCUT2D eigenvalue weighted by Crippen LogP contribution is 2.39. The molecule has 0 aliphatic rings. The van der Waals surface area contributed by atoms with Crippen LogP contribution >= 0.6 is 15.9 Å². The molecule has 0 spiro atoms. The number of nitrogens with two attached hydrogens (primary N) is 1. The number of nitrogen functional groups attached to an aromatic ring is 1. The van der Waals surface area contributed by atoms with E-state index in [-0.39, 0.29) is 5.41 Å². The van der Waals surface area contributed by atoms with E-state index in [0.29, 0.717) is 5.82 Å². The molecular formula is C14H18BrN3. The Kier molecular flexibility index (Phi) is 3.23. The molecule has 2 aromatic rings. The molecule has 3 nitrogen and oxygen atoms in total. The van der Waals surface area contributed by atoms with Crippen LogP contribution in [0.5, 0.6) is 0 Å². The summed E-state index contributed by atoms with van der Waals surface area (Å²) in [6.45, 7) is 6.44. The molecule has 0 fully saturated rings. The van der Waals surface area contributed by atoms with Crippen molar-refractivity contribution in [1.29, 1.82) is 0 Å². The lowest BCUT2D eigenvalue weighted by Crippen LogP contribution is -2.13. The van der Waals surface area contributed by atoms with Crippen molar-refractivity contribution in [1.82, 2.24) is 9.78 Å². The summed E-state index contributed by atoms with van der Waals surface area (Å²) in [5, 5.41) is 4.57. The largest absolute Gasteiger partial charge is 0.383 e. The van der Waals surface area contributed by atoms with Crippen LogP contribution in [-0.2, 0) is 12.5 Å². The number of halogens is 1. The summed E-state index contributed by atoms with van der Waals surface area (Å²) in [4.78, 5) is 0. The van der Waals surface area contributed by atoms with Gasteiger partial charge in [0.2, 0.25) is 0 Å². The Hall–Kier alpha value is -1.29. The van der Waals surface area contributed by atoms with Crippen molar-refractivity contribution in [2.75, 3.05) is 5.73 Å². The predicted octanol–water partition coefficient (Wildman–Crippen LogP) is 3.73. The zero-order valence-electron chi connectivity index (χ0n) is 11.2. The highest BCUT2D eigenvalue weighted by Gasteiger charge is 2.26. The SMILES string of the molecule is Cn1nc(C(C)(C)C)c(-c2ccccc2Br)c1N. The minimum Gasteiger partial charge on any atom is -0.383 e. The summed E-state index contributed by atoms with van der Waals surface area (Å²) in [5.41, 5.74) is 9.28. The summed E-state index contributed by atoms with van der Waals surface area (Å²) < 4.78 is 2.78. The molecule has 0 aliphatic carbocycles. The first-order chi connectivity index (χ1) is 8.32. The van der Waals surface area contributed by atoms with Crippen LogP contribution in [0.1, 0.15) is 26.5 Å². The smallest absolute Gasteiger partial charge is 0.129 e. The summed E-state index contributed by atoms with van der Waals surface area (Å²) in [6.07, 6.45) is 0. The van der Waals surface area contributed by atoms with E-state index in [1.807, 2.05) is 25.2 Å². The van der Waals surface area contributed by atoms with E-state index >= 15 is 0 Å². The normalized spacial score (nSPS) is 11.8. The van der Waals surface area contributed by atoms with Gasteiger partial charge in [-0.25, -0.2) is 0 Å². The molecule has 0 saturated carbocycles. The van der Waals surface area contributed by atoms with Crippen molar-refractivity contribution in [3.8, 4) is 11.1 Å². The lowest BCUT2D eigenvalue weighted by molar-refractivity contribution is 0.555. The van der Waals surface area contributed by atoms with Gasteiger partial charge in [-0.3, -0.25) is 4.68 Å². The maximum Gasteiger partial charge on any atom is 0.129 e. The van der Waals surface area contributed by atoms with Crippen LogP contribution in [0.25, 0.3) is 11.1 Å². The first-order valence-corrected chi connectivity index (χ1v) is 6.69. The molecule has 1 aromatic carbocycles. The molecule has 0 aliphatic heterocycles. The van der Waals surface area contributed by atoms with Crippen LogP contribution in [-0.4, -0.2) is 9.78 Å². The van der Waals surface area contributed by atoms with Crippen molar-refractivity contribution in [2.24, 2.45) is 7.05 Å². The lowest BCUT2D eigenvalue weighted by atomic mass is 9.87. The van der Waals surface area contributed by atoms with Crippen LogP contribution in [0.15, 0.2) is 28.7 Å². The van der Waals surface area contributed by atoms with Crippen LogP contribution in [0, 0.1) is 0 Å². The molecule has 1 heterocycles. The third-order valence-corrected chi connectivity index (χ3v) is 3.64. The molecule has 4 heteroatoms. The Labute approximate surface area is 116 Å². The number of aryl methyl sites for hydroxylation is 1. The monoisotopic (exact) mass is 307 g/mol. The first-order valence-electron chi connectivity index (χ1n) is 5.90. The van der Waals surface area contributed by atoms with E-state index in [0.717, 1.165) is 21.3 Å². The van der Waals surface area contributed by atoms with Crippen LogP contribution in [0.2, 0.25) is 0 Å². The second-order valence-electron chi connectivity index (χ2n) is 5.46. The standard InChI is InChI=1S/C14H18BrN3/c1-14(2,3)12-11(13(16)18(4)17-12)9-7-5-6-8-10(9)15/h5-8H,16H2,1-4H3. The quantitative estimate of drug-likeness (QED) is 0.872. The van der Waals surface area contributed by atoms with Crippen molar-refractivity contribution in [3.63, 3.8) is 0 Å². The van der Waals surface area contributed by atoms with Gasteiger partial charge in [0.1, 0.15) is 5.82 Å². The number of hydrogen-bond donors (Lipinski definition) is 1. The fraction of sp³-hybridized carbons (Fsp3) is 0.357. The Morgan fingerprint density at radius 1 is 1.22 bits per heavy atom. The lowest BCUT2D eigenvalue weighted by Gasteiger charge is -2.18. The molecule has 2 rings (SSSR count). The number of rotatable bonds is 1. The Morgan fingerprint density at radius 2 is 1.83 bits per heavy atom. The van der Waals surface area contributed by atoms with Crippen LogP contribution in [0.4, 0.5) is 5.82 Å². The molecule has 96 valence electrons. The van der Waals surface area contributed by atoms with Gasteiger partial charge in [0.15, 0.2) is 0 Å². The maximum atomic E-state index is 6.18. The van der Waals surface area contributed by atoms with Gasteiger partial charge in [0.05, 0.1) is 5.69 Å². The van der Waals surface area contributed by atoms with E-state index in [1.165, 1.54) is 0 Å². The topological polar surface area (TPSA) is 43.8 Å². The molecule has 18 heavy (non-hydrogen) atoms. The highest BCUT2D eigenvalue weighted by molar-refractivity contribution is 9.10. The zero-order chi connectivity index (χ0) is 13.5. The molecule has 2 N–H and O–H groups in total. The van der Waals surface area contributed by atoms with Gasteiger partial charge in [0, 0.05) is 28.1 Å². The van der Waals surface area contributed by atoms with Crippen molar-refractivity contribution >= 4 is 21.7 Å². The minimum atomic E-state index is -0.0417. The van der Waals surface area contributed by atoms with E-state index in [2.05, 4.69) is 47.9 Å². The van der Waals surface area contributed by atoms with Gasteiger partial charge in [-0.2, -0.15) is 5.10 Å². The minimum absolute atomic E-state index is 0.0417. The van der Waals surface area contributed by atoms with Crippen molar-refractivity contribution < 1.29 is 0 Å². The third-order valence-electron chi connectivity index (χ3n) is 2.95. The molecule has 0 atom stereocenters. The summed E-state index contributed by atoms with van der Waals surface area (Å²) >= 11 is 3.58. The molecule has 0 amide bonds. The van der Waals surface area contributed by atoms with Gasteiger partial charge >= 0.3 is 0 Å². The first kappa shape index (κ1) is 13.1. The number of hydrogen-bond acceptors (Lipinski definition) is 2. The van der Waals surface area contributed by atoms with Crippen molar-refractivity contribution in [3.05, 3.63) is 34.4 Å². The van der Waals surface area contributed by atoms with Gasteiger partial charge in [-0.1, -0.05) is 54.9 Å². The zero-order valence-corrected chi connectivity index (χ0v) is 12.7. The highest BCUT2D eigenvalue weighted by atomic mass is 79.9. The molecule has 0 radical (unpaired) electrons. The number of benzene rings is 1. The van der Waals surface area contributed by atoms with Gasteiger partial charge in [-0.05, 0) is 6.07 Å². The molecule has 0 bridgehead atoms. The average molecular weight is 308 g/mol. The number of aromatic nitrogens is 2. The maximum absolute atomic E-state index is 6.18. The van der Waals surface area contributed by atoms with E-state index in [9.17, 15) is 0 Å². The summed E-state index contributed by atoms with van der Waals surface area (Å²) in [7, 11) is 1.88. The fourth-order valence-electron chi connectivity index (χ4n) is 1.99. The summed E-state index contributed by atoms with van der Waals surface area (Å²) in [6, 6.07) is 8.09. The molecule has 0 saturated heterocycles. The van der Waals surface area contributed by atoms with E-state index in [1.54, 1.807) is 4.68 Å². The predicted molar refractivity (Wildman–Crippen MR) is 79.5 cm³/mol. The third kappa shape index (κ3) is 2.17. The van der Waals surface area contributed by atoms with Gasteiger partial charge < -0.3 is 5.73 Å². The Morgan fingerprint density at radius 3 is 2.39 bits per heavy atom. The van der Waals surface area contributed by atoms with Crippen LogP contribution < -0.4 is 5.73 Å². The second-order valence-corrected chi connectivity index (χ2v) is 6.32. The number of nitrogens with zero attached hydrogens (tertiary/aromatic N) is 2. The number of anilines is 1. The Bertz CT molecular complexity index is 579. The summed E-state index contributed by atoms with van der Waals surface area (Å²) in [5.74, 6) is 0.701. The van der Waals surface area contributed by atoms with Crippen LogP contribution in [0.3, 0.4) is 0 Å². The molecule has 1 aromatic heterocycles. The fourth-order valence-corrected chi connectivity index (χ4v) is 2.47. The van der Waals surface area contributed by atoms with Gasteiger partial charge in [-0.15, -0.1) is 0 Å². The Balaban J connectivity index is 2.75. The molecule has 0 unspecified atom stereocenters. The van der Waals surface area contributed by atoms with Crippen molar-refractivity contribution in [2.45, 2.75) is 26.2 Å². The van der Waals surface area contributed by atoms with E-state index in [4.69, 9.17) is 5.73 Å².